The fourth-order valence-electron chi connectivity index (χ4n) is 0.978. The molecule has 0 aromatic rings. The van der Waals surface area contributed by atoms with Crippen molar-refractivity contribution in [3.8, 4) is 0 Å². The van der Waals surface area contributed by atoms with Crippen LogP contribution in [0.25, 0.3) is 0 Å². The van der Waals surface area contributed by atoms with Gasteiger partial charge in [0.15, 0.2) is 0 Å². The molecule has 0 bridgehead atoms. The quantitative estimate of drug-likeness (QED) is 0.404. The van der Waals surface area contributed by atoms with Gasteiger partial charge >= 0.3 is 0 Å². The Morgan fingerprint density at radius 3 is 2.33 bits per heavy atom. The van der Waals surface area contributed by atoms with Crippen LogP contribution in [0.4, 0.5) is 0 Å². The third-order valence-corrected chi connectivity index (χ3v) is 2.89. The third kappa shape index (κ3) is 7.98. The van der Waals surface area contributed by atoms with E-state index in [9.17, 15) is 13.2 Å². The first-order chi connectivity index (χ1) is 6.22. The van der Waals surface area contributed by atoms with Gasteiger partial charge in [0.05, 0.1) is 11.3 Å². The van der Waals surface area contributed by atoms with Gasteiger partial charge in [0.2, 0.25) is 5.91 Å². The molecule has 0 spiro atoms. The predicted octanol–water partition coefficient (Wildman–Crippen LogP) is -0.0357. The first-order valence-electron chi connectivity index (χ1n) is 4.12. The molecule has 0 heterocycles. The second-order valence-corrected chi connectivity index (χ2v) is 4.79. The molecule has 0 aromatic carbocycles. The van der Waals surface area contributed by atoms with Crippen molar-refractivity contribution in [1.82, 2.24) is 5.32 Å². The molecular weight excluding hydrogens is 229 g/mol. The van der Waals surface area contributed by atoms with Crippen LogP contribution in [0, 0.1) is 0 Å². The van der Waals surface area contributed by atoms with Crippen LogP contribution in [0.1, 0.15) is 20.3 Å². The van der Waals surface area contributed by atoms with Gasteiger partial charge in [-0.05, 0) is 19.4 Å². The summed E-state index contributed by atoms with van der Waals surface area (Å²) in [5.74, 6) is -0.964. The van der Waals surface area contributed by atoms with Crippen LogP contribution in [0.3, 0.4) is 0 Å². The van der Waals surface area contributed by atoms with Crippen LogP contribution in [-0.4, -0.2) is 59.7 Å². The van der Waals surface area contributed by atoms with E-state index in [0.29, 0.717) is 6.42 Å². The number of amides is 1. The molecule has 0 rings (SSSR count). The van der Waals surface area contributed by atoms with Gasteiger partial charge in [-0.3, -0.25) is 9.35 Å². The maximum absolute atomic E-state index is 11.0. The monoisotopic (exact) mass is 244 g/mol. The number of rotatable bonds is 5. The number of nitrogens with one attached hydrogen (secondary N) is 1. The molecule has 1 radical (unpaired) electrons. The molecule has 15 heavy (non-hydrogen) atoms. The van der Waals surface area contributed by atoms with Gasteiger partial charge in [-0.2, -0.15) is 8.42 Å². The van der Waals surface area contributed by atoms with E-state index in [1.807, 2.05) is 0 Å². The molecule has 0 aliphatic heterocycles. The molecule has 83 valence electrons. The molecule has 1 unspecified atom stereocenters. The Bertz CT molecular complexity index is 328. The Hall–Kier alpha value is 0.120. The SMILES string of the molecule is C=CC(=O)NC(C)(CC)CS(=O)(=O)O.[Na]. The second kappa shape index (κ2) is 6.65. The van der Waals surface area contributed by atoms with E-state index in [-0.39, 0.29) is 29.6 Å². The largest absolute Gasteiger partial charge is 0.346 e. The Kier molecular flexibility index (Phi) is 7.76. The molecule has 0 aromatic heterocycles. The zero-order valence-corrected chi connectivity index (χ0v) is 12.1. The zero-order chi connectivity index (χ0) is 11.4. The minimum atomic E-state index is -4.10. The Morgan fingerprint density at radius 2 is 2.07 bits per heavy atom. The van der Waals surface area contributed by atoms with Crippen molar-refractivity contribution in [2.45, 2.75) is 25.8 Å². The van der Waals surface area contributed by atoms with Crippen LogP contribution in [0.15, 0.2) is 12.7 Å². The molecule has 2 N–H and O–H groups in total. The Labute approximate surface area is 112 Å². The molecule has 0 fully saturated rings. The Balaban J connectivity index is 0. The fraction of sp³-hybridized carbons (Fsp3) is 0.625. The van der Waals surface area contributed by atoms with E-state index in [4.69, 9.17) is 4.55 Å². The van der Waals surface area contributed by atoms with Gasteiger partial charge < -0.3 is 5.32 Å². The van der Waals surface area contributed by atoms with Crippen molar-refractivity contribution >= 4 is 45.6 Å². The standard InChI is InChI=1S/C8H15NO4S.Na/c1-4-7(10)9-8(3,5-2)6-14(11,12)13;/h4H,1,5-6H2,2-3H3,(H,9,10)(H,11,12,13);. The van der Waals surface area contributed by atoms with Gasteiger partial charge in [0.25, 0.3) is 10.1 Å². The maximum atomic E-state index is 11.0. The number of hydrogen-bond acceptors (Lipinski definition) is 3. The molecule has 0 aliphatic carbocycles. The smallest absolute Gasteiger partial charge is 0.267 e. The van der Waals surface area contributed by atoms with Gasteiger partial charge in [-0.25, -0.2) is 0 Å². The summed E-state index contributed by atoms with van der Waals surface area (Å²) in [6.07, 6.45) is 1.45. The topological polar surface area (TPSA) is 83.5 Å². The molecule has 1 atom stereocenters. The average Bonchev–Trinajstić information content (AvgIpc) is 2.00. The molecule has 7 heteroatoms. The van der Waals surface area contributed by atoms with Gasteiger partial charge in [-0.1, -0.05) is 13.5 Å². The first kappa shape index (κ1) is 17.5. The average molecular weight is 244 g/mol. The van der Waals surface area contributed by atoms with Crippen molar-refractivity contribution in [1.29, 1.82) is 0 Å². The van der Waals surface area contributed by atoms with Crippen LogP contribution < -0.4 is 5.32 Å². The van der Waals surface area contributed by atoms with Gasteiger partial charge in [0.1, 0.15) is 0 Å². The van der Waals surface area contributed by atoms with Crippen molar-refractivity contribution in [2.24, 2.45) is 0 Å². The molecular formula is C8H15NNaO4S. The summed E-state index contributed by atoms with van der Waals surface area (Å²) in [5.41, 5.74) is -0.959. The molecule has 0 saturated heterocycles. The summed E-state index contributed by atoms with van der Waals surface area (Å²) >= 11 is 0. The maximum Gasteiger partial charge on any atom is 0.267 e. The van der Waals surface area contributed by atoms with Crippen LogP contribution in [-0.2, 0) is 14.9 Å². The summed E-state index contributed by atoms with van der Waals surface area (Å²) in [6, 6.07) is 0. The van der Waals surface area contributed by atoms with E-state index in [1.54, 1.807) is 13.8 Å². The number of carbonyl (C=O) groups excluding carboxylic acids is 1. The van der Waals surface area contributed by atoms with E-state index < -0.39 is 27.3 Å². The molecule has 1 amide bonds. The van der Waals surface area contributed by atoms with Crippen LogP contribution >= 0.6 is 0 Å². The zero-order valence-electron chi connectivity index (χ0n) is 9.28. The summed E-state index contributed by atoms with van der Waals surface area (Å²) in [4.78, 5) is 11.0. The molecule has 0 aliphatic rings. The third-order valence-electron chi connectivity index (χ3n) is 1.89. The Morgan fingerprint density at radius 1 is 1.60 bits per heavy atom. The summed E-state index contributed by atoms with van der Waals surface area (Å²) in [5, 5.41) is 2.45. The van der Waals surface area contributed by atoms with Gasteiger partial charge in [-0.15, -0.1) is 0 Å². The number of carbonyl (C=O) groups is 1. The van der Waals surface area contributed by atoms with Crippen molar-refractivity contribution in [3.63, 3.8) is 0 Å². The van der Waals surface area contributed by atoms with E-state index >= 15 is 0 Å². The van der Waals surface area contributed by atoms with Gasteiger partial charge in [0, 0.05) is 29.6 Å². The van der Waals surface area contributed by atoms with E-state index in [2.05, 4.69) is 11.9 Å². The van der Waals surface area contributed by atoms with Crippen LogP contribution in [0.2, 0.25) is 0 Å². The summed E-state index contributed by atoms with van der Waals surface area (Å²) in [6.45, 7) is 6.51. The van der Waals surface area contributed by atoms with Crippen molar-refractivity contribution in [3.05, 3.63) is 12.7 Å². The molecule has 0 saturated carbocycles. The fourth-order valence-corrected chi connectivity index (χ4v) is 2.06. The summed E-state index contributed by atoms with van der Waals surface area (Å²) < 4.78 is 30.0. The van der Waals surface area contributed by atoms with Crippen LogP contribution in [0.5, 0.6) is 0 Å². The summed E-state index contributed by atoms with van der Waals surface area (Å²) in [7, 11) is -4.10. The van der Waals surface area contributed by atoms with Crippen molar-refractivity contribution in [2.75, 3.05) is 5.75 Å². The number of hydrogen-bond donors (Lipinski definition) is 2. The van der Waals surface area contributed by atoms with E-state index in [1.165, 1.54) is 0 Å². The van der Waals surface area contributed by atoms with Crippen molar-refractivity contribution < 1.29 is 17.8 Å². The van der Waals surface area contributed by atoms with E-state index in [0.717, 1.165) is 6.08 Å². The minimum absolute atomic E-state index is 0. The predicted molar refractivity (Wildman–Crippen MR) is 59.2 cm³/mol. The normalized spacial score (nSPS) is 14.6. The minimum Gasteiger partial charge on any atom is -0.346 e. The first-order valence-corrected chi connectivity index (χ1v) is 5.73. The molecule has 5 nitrogen and oxygen atoms in total. The second-order valence-electron chi connectivity index (χ2n) is 3.33.